The molecule has 0 radical (unpaired) electrons. The molecular formula is C14H18FN3O2S. The van der Waals surface area contributed by atoms with Gasteiger partial charge >= 0.3 is 0 Å². The Kier molecular flexibility index (Phi) is 4.74. The van der Waals surface area contributed by atoms with Crippen LogP contribution in [0.4, 0.5) is 4.39 Å². The smallest absolute Gasteiger partial charge is 0.243 e. The van der Waals surface area contributed by atoms with Crippen molar-refractivity contribution in [2.24, 2.45) is 5.92 Å². The SMILES string of the molecule is CC(C)Cn1cncc1CNS(=O)(=O)c1ccccc1F. The zero-order chi connectivity index (χ0) is 15.5. The second-order valence-electron chi connectivity index (χ2n) is 5.19. The van der Waals surface area contributed by atoms with Gasteiger partial charge in [0.2, 0.25) is 10.0 Å². The van der Waals surface area contributed by atoms with Gasteiger partial charge in [0.1, 0.15) is 10.7 Å². The van der Waals surface area contributed by atoms with Crippen LogP contribution in [-0.2, 0) is 23.1 Å². The molecule has 0 saturated carbocycles. The summed E-state index contributed by atoms with van der Waals surface area (Å²) in [6.45, 7) is 4.95. The highest BCUT2D eigenvalue weighted by atomic mass is 32.2. The van der Waals surface area contributed by atoms with Gasteiger partial charge in [-0.05, 0) is 18.1 Å². The van der Waals surface area contributed by atoms with Crippen molar-refractivity contribution in [2.45, 2.75) is 31.8 Å². The maximum atomic E-state index is 13.6. The van der Waals surface area contributed by atoms with Gasteiger partial charge in [-0.1, -0.05) is 26.0 Å². The van der Waals surface area contributed by atoms with E-state index < -0.39 is 15.8 Å². The molecule has 0 fully saturated rings. The second kappa shape index (κ2) is 6.36. The molecule has 114 valence electrons. The molecule has 0 bridgehead atoms. The summed E-state index contributed by atoms with van der Waals surface area (Å²) in [5.74, 6) is -0.346. The summed E-state index contributed by atoms with van der Waals surface area (Å²) in [4.78, 5) is 3.67. The third kappa shape index (κ3) is 3.89. The average molecular weight is 311 g/mol. The molecule has 0 saturated heterocycles. The summed E-state index contributed by atoms with van der Waals surface area (Å²) in [6.07, 6.45) is 3.26. The summed E-state index contributed by atoms with van der Waals surface area (Å²) < 4.78 is 42.1. The predicted molar refractivity (Wildman–Crippen MR) is 77.5 cm³/mol. The molecule has 1 heterocycles. The van der Waals surface area contributed by atoms with Crippen molar-refractivity contribution in [1.82, 2.24) is 14.3 Å². The van der Waals surface area contributed by atoms with E-state index >= 15 is 0 Å². The minimum atomic E-state index is -3.88. The van der Waals surface area contributed by atoms with E-state index in [9.17, 15) is 12.8 Å². The average Bonchev–Trinajstić information content (AvgIpc) is 2.83. The molecule has 0 aliphatic heterocycles. The summed E-state index contributed by atoms with van der Waals surface area (Å²) >= 11 is 0. The molecule has 0 amide bonds. The third-order valence-electron chi connectivity index (χ3n) is 2.93. The molecule has 1 aromatic carbocycles. The fourth-order valence-corrected chi connectivity index (χ4v) is 3.04. The molecule has 0 unspecified atom stereocenters. The summed E-state index contributed by atoms with van der Waals surface area (Å²) in [5.41, 5.74) is 0.739. The van der Waals surface area contributed by atoms with Gasteiger partial charge < -0.3 is 4.57 Å². The Morgan fingerprint density at radius 1 is 1.33 bits per heavy atom. The van der Waals surface area contributed by atoms with Crippen molar-refractivity contribution in [1.29, 1.82) is 0 Å². The number of imidazole rings is 1. The highest BCUT2D eigenvalue weighted by molar-refractivity contribution is 7.89. The fraction of sp³-hybridized carbons (Fsp3) is 0.357. The van der Waals surface area contributed by atoms with Crippen LogP contribution in [0.3, 0.4) is 0 Å². The lowest BCUT2D eigenvalue weighted by atomic mass is 10.2. The monoisotopic (exact) mass is 311 g/mol. The lowest BCUT2D eigenvalue weighted by Gasteiger charge is -2.12. The van der Waals surface area contributed by atoms with Crippen LogP contribution in [-0.4, -0.2) is 18.0 Å². The summed E-state index contributed by atoms with van der Waals surface area (Å²) in [6, 6.07) is 5.30. The number of halogens is 1. The van der Waals surface area contributed by atoms with E-state index in [1.165, 1.54) is 18.2 Å². The number of hydrogen-bond donors (Lipinski definition) is 1. The van der Waals surface area contributed by atoms with Gasteiger partial charge in [-0.25, -0.2) is 22.5 Å². The van der Waals surface area contributed by atoms with Gasteiger partial charge in [-0.2, -0.15) is 0 Å². The minimum Gasteiger partial charge on any atom is -0.333 e. The second-order valence-corrected chi connectivity index (χ2v) is 6.92. The number of sulfonamides is 1. The number of rotatable bonds is 6. The van der Waals surface area contributed by atoms with Gasteiger partial charge in [0, 0.05) is 12.7 Å². The molecular weight excluding hydrogens is 293 g/mol. The van der Waals surface area contributed by atoms with Crippen LogP contribution in [0.2, 0.25) is 0 Å². The van der Waals surface area contributed by atoms with Crippen LogP contribution in [0.25, 0.3) is 0 Å². The minimum absolute atomic E-state index is 0.0728. The molecule has 0 spiro atoms. The van der Waals surface area contributed by atoms with Crippen molar-refractivity contribution in [3.8, 4) is 0 Å². The van der Waals surface area contributed by atoms with Crippen molar-refractivity contribution < 1.29 is 12.8 Å². The fourth-order valence-electron chi connectivity index (χ4n) is 1.96. The quantitative estimate of drug-likeness (QED) is 0.889. The Morgan fingerprint density at radius 2 is 2.05 bits per heavy atom. The van der Waals surface area contributed by atoms with Gasteiger partial charge in [0.25, 0.3) is 0 Å². The third-order valence-corrected chi connectivity index (χ3v) is 4.36. The first-order chi connectivity index (χ1) is 9.90. The van der Waals surface area contributed by atoms with Crippen LogP contribution in [0.1, 0.15) is 19.5 Å². The first-order valence-corrected chi connectivity index (χ1v) is 8.11. The molecule has 2 aromatic rings. The molecule has 7 heteroatoms. The number of nitrogens with zero attached hydrogens (tertiary/aromatic N) is 2. The van der Waals surface area contributed by atoms with Gasteiger partial charge in [0.05, 0.1) is 18.6 Å². The van der Waals surface area contributed by atoms with Gasteiger partial charge in [-0.3, -0.25) is 0 Å². The van der Waals surface area contributed by atoms with Crippen LogP contribution in [0, 0.1) is 11.7 Å². The van der Waals surface area contributed by atoms with Crippen LogP contribution in [0.15, 0.2) is 41.7 Å². The lowest BCUT2D eigenvalue weighted by Crippen LogP contribution is -2.25. The molecule has 0 aliphatic carbocycles. The Bertz CT molecular complexity index is 711. The first-order valence-electron chi connectivity index (χ1n) is 6.63. The zero-order valence-corrected chi connectivity index (χ0v) is 12.8. The maximum Gasteiger partial charge on any atom is 0.243 e. The van der Waals surface area contributed by atoms with Crippen molar-refractivity contribution in [3.05, 3.63) is 48.3 Å². The topological polar surface area (TPSA) is 64.0 Å². The van der Waals surface area contributed by atoms with E-state index in [1.54, 1.807) is 12.5 Å². The Balaban J connectivity index is 2.13. The van der Waals surface area contributed by atoms with Gasteiger partial charge in [0.15, 0.2) is 0 Å². The lowest BCUT2D eigenvalue weighted by molar-refractivity contribution is 0.505. The van der Waals surface area contributed by atoms with Crippen molar-refractivity contribution in [2.75, 3.05) is 0 Å². The highest BCUT2D eigenvalue weighted by Crippen LogP contribution is 2.14. The number of aromatic nitrogens is 2. The van der Waals surface area contributed by atoms with Gasteiger partial charge in [-0.15, -0.1) is 0 Å². The van der Waals surface area contributed by atoms with E-state index in [2.05, 4.69) is 23.6 Å². The van der Waals surface area contributed by atoms with E-state index in [0.29, 0.717) is 5.92 Å². The standard InChI is InChI=1S/C14H18FN3O2S/c1-11(2)9-18-10-16-7-12(18)8-17-21(19,20)14-6-4-3-5-13(14)15/h3-7,10-11,17H,8-9H2,1-2H3. The molecule has 0 aliphatic rings. The van der Waals surface area contributed by atoms with Crippen LogP contribution >= 0.6 is 0 Å². The molecule has 5 nitrogen and oxygen atoms in total. The van der Waals surface area contributed by atoms with E-state index in [-0.39, 0.29) is 11.4 Å². The summed E-state index contributed by atoms with van der Waals surface area (Å²) in [5, 5.41) is 0. The summed E-state index contributed by atoms with van der Waals surface area (Å²) in [7, 11) is -3.88. The van der Waals surface area contributed by atoms with E-state index in [1.807, 2.05) is 4.57 Å². The Morgan fingerprint density at radius 3 is 2.71 bits per heavy atom. The Hall–Kier alpha value is -1.73. The normalized spacial score (nSPS) is 12.0. The van der Waals surface area contributed by atoms with Crippen LogP contribution < -0.4 is 4.72 Å². The zero-order valence-electron chi connectivity index (χ0n) is 12.0. The molecule has 1 N–H and O–H groups in total. The Labute approximate surface area is 123 Å². The molecule has 21 heavy (non-hydrogen) atoms. The number of hydrogen-bond acceptors (Lipinski definition) is 3. The van der Waals surface area contributed by atoms with Crippen LogP contribution in [0.5, 0.6) is 0 Å². The largest absolute Gasteiger partial charge is 0.333 e. The van der Waals surface area contributed by atoms with Crippen molar-refractivity contribution in [3.63, 3.8) is 0 Å². The molecule has 1 aromatic heterocycles. The first kappa shape index (κ1) is 15.7. The maximum absolute atomic E-state index is 13.6. The highest BCUT2D eigenvalue weighted by Gasteiger charge is 2.18. The number of benzene rings is 1. The predicted octanol–water partition coefficient (Wildman–Crippen LogP) is 2.16. The van der Waals surface area contributed by atoms with E-state index in [4.69, 9.17) is 0 Å². The van der Waals surface area contributed by atoms with E-state index in [0.717, 1.165) is 18.3 Å². The number of nitrogens with one attached hydrogen (secondary N) is 1. The molecule has 0 atom stereocenters. The molecule has 2 rings (SSSR count). The van der Waals surface area contributed by atoms with Crippen molar-refractivity contribution >= 4 is 10.0 Å².